The molecule has 0 aliphatic heterocycles. The summed E-state index contributed by atoms with van der Waals surface area (Å²) in [5.41, 5.74) is 0. The highest BCUT2D eigenvalue weighted by Gasteiger charge is 2.21. The van der Waals surface area contributed by atoms with Crippen molar-refractivity contribution in [2.45, 2.75) is 187 Å². The minimum Gasteiger partial charge on any atom is -0.756 e. The number of likely N-dealkylation sites (N-methyl/N-ethyl adjacent to an activating group) is 1. The molecule has 310 valence electrons. The second-order valence-electron chi connectivity index (χ2n) is 15.8. The summed E-state index contributed by atoms with van der Waals surface area (Å²) in [5, 5.41) is 11.1. The highest BCUT2D eigenvalue weighted by Crippen LogP contribution is 2.39. The van der Waals surface area contributed by atoms with E-state index in [2.05, 4.69) is 35.1 Å². The second kappa shape index (κ2) is 35.3. The number of nitrogens with zero attached hydrogens (tertiary/aromatic N) is 1. The number of nitrogens with one attached hydrogen (secondary N) is 4. The van der Waals surface area contributed by atoms with Crippen LogP contribution >= 0.6 is 7.82 Å². The molecule has 0 radical (unpaired) electrons. The Morgan fingerprint density at radius 1 is 0.538 bits per heavy atom. The highest BCUT2D eigenvalue weighted by molar-refractivity contribution is 7.45. The number of carbonyl (C=O) groups excluding carboxylic acids is 2. The van der Waals surface area contributed by atoms with Gasteiger partial charge in [0, 0.05) is 26.2 Å². The van der Waals surface area contributed by atoms with Crippen molar-refractivity contribution < 1.29 is 32.6 Å². The van der Waals surface area contributed by atoms with Crippen LogP contribution in [0.3, 0.4) is 0 Å². The standard InChI is InChI=1S/C40H84N5O6P/c1-6-8-10-12-14-16-18-20-22-24-26-28-30-32-41-39(46)43-36-38(51-52(48,49)50-35-34-45(3,4)5)37-44-40(47)42-33-31-29-27-25-23-21-19-17-15-13-11-9-7-2/h38H,6-37H2,1-5H3,(H4-,41,42,43,44,46,47,48,49). The summed E-state index contributed by atoms with van der Waals surface area (Å²) in [5.74, 6) is 0. The molecule has 0 aliphatic carbocycles. The molecule has 0 spiro atoms. The Labute approximate surface area is 320 Å². The molecule has 0 saturated carbocycles. The van der Waals surface area contributed by atoms with Crippen molar-refractivity contribution in [2.75, 3.05) is 60.5 Å². The molecule has 4 N–H and O–H groups in total. The third kappa shape index (κ3) is 38.3. The third-order valence-electron chi connectivity index (χ3n) is 9.40. The SMILES string of the molecule is CCCCCCCCCCCCCCCNC(=O)NCC(CNC(=O)NCCCCCCCCCCCCCCC)OP(=O)([O-])OCC[N+](C)(C)C. The summed E-state index contributed by atoms with van der Waals surface area (Å²) in [7, 11) is 1.14. The normalized spacial score (nSPS) is 12.9. The minimum absolute atomic E-state index is 0.0307. The summed E-state index contributed by atoms with van der Waals surface area (Å²) in [6, 6.07) is -0.794. The van der Waals surface area contributed by atoms with Crippen LogP contribution in [0.2, 0.25) is 0 Å². The van der Waals surface area contributed by atoms with Crippen molar-refractivity contribution in [3.05, 3.63) is 0 Å². The second-order valence-corrected chi connectivity index (χ2v) is 17.1. The van der Waals surface area contributed by atoms with Crippen LogP contribution < -0.4 is 26.2 Å². The predicted molar refractivity (Wildman–Crippen MR) is 216 cm³/mol. The number of quaternary nitrogens is 1. The molecule has 1 atom stereocenters. The van der Waals surface area contributed by atoms with E-state index < -0.39 is 26.0 Å². The number of carbonyl (C=O) groups is 2. The van der Waals surface area contributed by atoms with Crippen molar-refractivity contribution in [1.82, 2.24) is 21.3 Å². The Morgan fingerprint density at radius 2 is 0.846 bits per heavy atom. The van der Waals surface area contributed by atoms with E-state index in [0.717, 1.165) is 38.5 Å². The maximum atomic E-state index is 12.6. The van der Waals surface area contributed by atoms with Crippen LogP contribution in [0.5, 0.6) is 0 Å². The zero-order chi connectivity index (χ0) is 38.6. The Hall–Kier alpha value is -1.39. The largest absolute Gasteiger partial charge is 0.756 e. The van der Waals surface area contributed by atoms with Crippen LogP contribution in [-0.4, -0.2) is 83.1 Å². The fraction of sp³-hybridized carbons (Fsp3) is 0.950. The maximum Gasteiger partial charge on any atom is 0.314 e. The maximum absolute atomic E-state index is 12.6. The first kappa shape index (κ1) is 50.6. The van der Waals surface area contributed by atoms with E-state index in [4.69, 9.17) is 9.05 Å². The monoisotopic (exact) mass is 762 g/mol. The number of phosphoric ester groups is 1. The number of unbranched alkanes of at least 4 members (excludes halogenated alkanes) is 24. The molecule has 0 saturated heterocycles. The molecule has 0 aromatic rings. The van der Waals surface area contributed by atoms with Gasteiger partial charge in [-0.2, -0.15) is 0 Å². The zero-order valence-corrected chi connectivity index (χ0v) is 35.4. The molecule has 4 amide bonds. The van der Waals surface area contributed by atoms with Gasteiger partial charge in [-0.1, -0.05) is 168 Å². The average molecular weight is 762 g/mol. The molecule has 0 bridgehead atoms. The van der Waals surface area contributed by atoms with Crippen LogP contribution in [0, 0.1) is 0 Å². The number of hydrogen-bond acceptors (Lipinski definition) is 6. The Kier molecular flexibility index (Phi) is 34.4. The number of hydrogen-bond donors (Lipinski definition) is 4. The lowest BCUT2D eigenvalue weighted by atomic mass is 10.0. The Balaban J connectivity index is 4.29. The van der Waals surface area contributed by atoms with Crippen molar-refractivity contribution >= 4 is 19.9 Å². The number of amides is 4. The lowest BCUT2D eigenvalue weighted by Gasteiger charge is -2.30. The summed E-state index contributed by atoms with van der Waals surface area (Å²) >= 11 is 0. The van der Waals surface area contributed by atoms with Gasteiger partial charge in [0.25, 0.3) is 7.82 Å². The summed E-state index contributed by atoms with van der Waals surface area (Å²) in [6.07, 6.45) is 31.8. The lowest BCUT2D eigenvalue weighted by molar-refractivity contribution is -0.870. The van der Waals surface area contributed by atoms with Gasteiger partial charge in [-0.05, 0) is 12.8 Å². The van der Waals surface area contributed by atoms with Gasteiger partial charge in [-0.3, -0.25) is 4.57 Å². The number of rotatable bonds is 38. The molecule has 0 fully saturated rings. The van der Waals surface area contributed by atoms with Crippen LogP contribution in [0.4, 0.5) is 9.59 Å². The van der Waals surface area contributed by atoms with Crippen LogP contribution in [-0.2, 0) is 13.6 Å². The van der Waals surface area contributed by atoms with E-state index in [-0.39, 0.29) is 19.7 Å². The Morgan fingerprint density at radius 3 is 1.15 bits per heavy atom. The van der Waals surface area contributed by atoms with Crippen molar-refractivity contribution in [3.8, 4) is 0 Å². The smallest absolute Gasteiger partial charge is 0.314 e. The van der Waals surface area contributed by atoms with E-state index in [1.165, 1.54) is 128 Å². The number of phosphoric acid groups is 1. The minimum atomic E-state index is -4.66. The fourth-order valence-corrected chi connectivity index (χ4v) is 6.89. The fourth-order valence-electron chi connectivity index (χ4n) is 6.01. The molecule has 52 heavy (non-hydrogen) atoms. The van der Waals surface area contributed by atoms with Crippen LogP contribution in [0.15, 0.2) is 0 Å². The van der Waals surface area contributed by atoms with E-state index in [1.54, 1.807) is 0 Å². The summed E-state index contributed by atoms with van der Waals surface area (Å²) < 4.78 is 23.5. The quantitative estimate of drug-likeness (QED) is 0.0281. The van der Waals surface area contributed by atoms with Crippen molar-refractivity contribution in [1.29, 1.82) is 0 Å². The lowest BCUT2D eigenvalue weighted by Crippen LogP contribution is -2.47. The van der Waals surface area contributed by atoms with Gasteiger partial charge < -0.3 is 39.7 Å². The average Bonchev–Trinajstić information content (AvgIpc) is 3.09. The zero-order valence-electron chi connectivity index (χ0n) is 34.5. The van der Waals surface area contributed by atoms with E-state index in [1.807, 2.05) is 21.1 Å². The molecule has 1 unspecified atom stereocenters. The molecule has 0 rings (SSSR count). The first-order chi connectivity index (χ1) is 25.0. The molecule has 0 aromatic carbocycles. The molecule has 0 aromatic heterocycles. The molecule has 12 heteroatoms. The van der Waals surface area contributed by atoms with E-state index in [0.29, 0.717) is 24.1 Å². The number of urea groups is 2. The summed E-state index contributed by atoms with van der Waals surface area (Å²) in [4.78, 5) is 37.5. The molecule has 0 aliphatic rings. The highest BCUT2D eigenvalue weighted by atomic mass is 31.2. The van der Waals surface area contributed by atoms with Crippen molar-refractivity contribution in [3.63, 3.8) is 0 Å². The van der Waals surface area contributed by atoms with Gasteiger partial charge in [-0.25, -0.2) is 9.59 Å². The van der Waals surface area contributed by atoms with E-state index in [9.17, 15) is 19.0 Å². The molecule has 11 nitrogen and oxygen atoms in total. The molecular formula is C40H84N5O6P. The van der Waals surface area contributed by atoms with Crippen LogP contribution in [0.1, 0.15) is 181 Å². The van der Waals surface area contributed by atoms with Gasteiger partial charge in [0.15, 0.2) is 0 Å². The van der Waals surface area contributed by atoms with Crippen LogP contribution in [0.25, 0.3) is 0 Å². The van der Waals surface area contributed by atoms with Gasteiger partial charge >= 0.3 is 12.1 Å². The van der Waals surface area contributed by atoms with Gasteiger partial charge in [-0.15, -0.1) is 0 Å². The van der Waals surface area contributed by atoms with Crippen molar-refractivity contribution in [2.24, 2.45) is 0 Å². The Bertz CT molecular complexity index is 828. The topological polar surface area (TPSA) is 141 Å². The first-order valence-corrected chi connectivity index (χ1v) is 22.9. The van der Waals surface area contributed by atoms with E-state index >= 15 is 0 Å². The first-order valence-electron chi connectivity index (χ1n) is 21.5. The predicted octanol–water partition coefficient (Wildman–Crippen LogP) is 9.34. The van der Waals surface area contributed by atoms with Gasteiger partial charge in [0.05, 0.1) is 21.1 Å². The molecule has 0 heterocycles. The summed E-state index contributed by atoms with van der Waals surface area (Å²) in [6.45, 7) is 5.83. The van der Waals surface area contributed by atoms with Gasteiger partial charge in [0.1, 0.15) is 19.3 Å². The third-order valence-corrected chi connectivity index (χ3v) is 10.5. The molecular weight excluding hydrogens is 677 g/mol. The van der Waals surface area contributed by atoms with Gasteiger partial charge in [0.2, 0.25) is 0 Å².